The van der Waals surface area contributed by atoms with Crippen molar-refractivity contribution in [3.8, 4) is 0 Å². The number of aryl methyl sites for hydroxylation is 2. The average molecular weight is 347 g/mol. The Morgan fingerprint density at radius 2 is 2.17 bits per heavy atom. The third kappa shape index (κ3) is 3.87. The van der Waals surface area contributed by atoms with Crippen LogP contribution in [0, 0.1) is 13.8 Å². The second kappa shape index (κ2) is 7.49. The molecule has 6 heteroatoms. The topological polar surface area (TPSA) is 49.6 Å². The minimum atomic E-state index is -0.146. The fourth-order valence-corrected chi connectivity index (χ4v) is 3.93. The molecule has 1 saturated heterocycles. The van der Waals surface area contributed by atoms with Gasteiger partial charge in [0.05, 0.1) is 17.1 Å². The van der Waals surface area contributed by atoms with E-state index in [9.17, 15) is 4.79 Å². The number of furan rings is 1. The van der Waals surface area contributed by atoms with E-state index in [4.69, 9.17) is 4.42 Å². The summed E-state index contributed by atoms with van der Waals surface area (Å²) in [4.78, 5) is 21.6. The first kappa shape index (κ1) is 17.2. The van der Waals surface area contributed by atoms with E-state index in [2.05, 4.69) is 15.3 Å². The first-order valence-corrected chi connectivity index (χ1v) is 9.44. The van der Waals surface area contributed by atoms with Crippen molar-refractivity contribution >= 4 is 17.2 Å². The molecule has 0 aromatic carbocycles. The van der Waals surface area contributed by atoms with Crippen LogP contribution in [-0.4, -0.2) is 46.9 Å². The molecule has 1 atom stereocenters. The van der Waals surface area contributed by atoms with E-state index in [1.165, 1.54) is 0 Å². The molecule has 24 heavy (non-hydrogen) atoms. The molecule has 1 fully saturated rings. The van der Waals surface area contributed by atoms with Crippen molar-refractivity contribution in [1.82, 2.24) is 14.8 Å². The van der Waals surface area contributed by atoms with Crippen LogP contribution in [0.3, 0.4) is 0 Å². The van der Waals surface area contributed by atoms with Crippen LogP contribution in [0.4, 0.5) is 0 Å². The van der Waals surface area contributed by atoms with Crippen LogP contribution in [0.1, 0.15) is 42.0 Å². The van der Waals surface area contributed by atoms with Gasteiger partial charge < -0.3 is 9.32 Å². The smallest absolute Gasteiger partial charge is 0.230 e. The van der Waals surface area contributed by atoms with Crippen LogP contribution in [0.25, 0.3) is 0 Å². The van der Waals surface area contributed by atoms with Crippen molar-refractivity contribution in [1.29, 1.82) is 0 Å². The molecule has 2 aromatic heterocycles. The van der Waals surface area contributed by atoms with Crippen molar-refractivity contribution < 1.29 is 9.21 Å². The standard InChI is InChI=1S/C18H25N3O2S/c1-13-9-17(15(3)23-13)14(2)18(22)21-6-4-5-20(7-8-21)10-16-11-24-12-19-16/h9,11-12,14H,4-8,10H2,1-3H3. The molecule has 0 bridgehead atoms. The highest BCUT2D eigenvalue weighted by Crippen LogP contribution is 2.25. The molecule has 1 unspecified atom stereocenters. The second-order valence-electron chi connectivity index (χ2n) is 6.53. The van der Waals surface area contributed by atoms with E-state index < -0.39 is 0 Å². The lowest BCUT2D eigenvalue weighted by atomic mass is 10.00. The van der Waals surface area contributed by atoms with Gasteiger partial charge in [0.2, 0.25) is 5.91 Å². The zero-order valence-electron chi connectivity index (χ0n) is 14.6. The van der Waals surface area contributed by atoms with Crippen LogP contribution in [0.15, 0.2) is 21.4 Å². The van der Waals surface area contributed by atoms with Gasteiger partial charge in [0.15, 0.2) is 0 Å². The summed E-state index contributed by atoms with van der Waals surface area (Å²) < 4.78 is 5.59. The predicted octanol–water partition coefficient (Wildman–Crippen LogP) is 3.19. The zero-order valence-corrected chi connectivity index (χ0v) is 15.4. The highest BCUT2D eigenvalue weighted by atomic mass is 32.1. The minimum Gasteiger partial charge on any atom is -0.466 e. The zero-order chi connectivity index (χ0) is 17.1. The second-order valence-corrected chi connectivity index (χ2v) is 7.24. The number of nitrogens with zero attached hydrogens (tertiary/aromatic N) is 3. The van der Waals surface area contributed by atoms with Crippen LogP contribution >= 0.6 is 11.3 Å². The molecule has 0 aliphatic carbocycles. The average Bonchev–Trinajstić information content (AvgIpc) is 3.10. The number of rotatable bonds is 4. The van der Waals surface area contributed by atoms with Gasteiger partial charge in [0, 0.05) is 43.7 Å². The molecule has 5 nitrogen and oxygen atoms in total. The monoisotopic (exact) mass is 347 g/mol. The maximum atomic E-state index is 12.9. The summed E-state index contributed by atoms with van der Waals surface area (Å²) in [5.41, 5.74) is 4.01. The van der Waals surface area contributed by atoms with E-state index in [0.29, 0.717) is 0 Å². The lowest BCUT2D eigenvalue weighted by molar-refractivity contribution is -0.132. The van der Waals surface area contributed by atoms with E-state index >= 15 is 0 Å². The highest BCUT2D eigenvalue weighted by molar-refractivity contribution is 7.07. The first-order chi connectivity index (χ1) is 11.5. The summed E-state index contributed by atoms with van der Waals surface area (Å²) in [6, 6.07) is 1.99. The van der Waals surface area contributed by atoms with Gasteiger partial charge in [-0.05, 0) is 33.3 Å². The largest absolute Gasteiger partial charge is 0.466 e. The van der Waals surface area contributed by atoms with Gasteiger partial charge in [-0.25, -0.2) is 4.98 Å². The normalized spacial score (nSPS) is 17.7. The van der Waals surface area contributed by atoms with Crippen molar-refractivity contribution in [2.24, 2.45) is 0 Å². The molecule has 3 rings (SSSR count). The van der Waals surface area contributed by atoms with E-state index in [1.807, 2.05) is 37.2 Å². The Hall–Kier alpha value is -1.66. The van der Waals surface area contributed by atoms with Gasteiger partial charge in [-0.15, -0.1) is 11.3 Å². The molecule has 0 radical (unpaired) electrons. The molecule has 0 N–H and O–H groups in total. The quantitative estimate of drug-likeness (QED) is 0.852. The summed E-state index contributed by atoms with van der Waals surface area (Å²) in [5.74, 6) is 1.78. The summed E-state index contributed by atoms with van der Waals surface area (Å²) in [7, 11) is 0. The number of hydrogen-bond donors (Lipinski definition) is 0. The van der Waals surface area contributed by atoms with Gasteiger partial charge >= 0.3 is 0 Å². The van der Waals surface area contributed by atoms with Gasteiger partial charge in [-0.2, -0.15) is 0 Å². The number of carbonyl (C=O) groups is 1. The third-order valence-corrected chi connectivity index (χ3v) is 5.32. The Balaban J connectivity index is 1.60. The SMILES string of the molecule is Cc1cc(C(C)C(=O)N2CCCN(Cc3cscn3)CC2)c(C)o1. The Kier molecular flexibility index (Phi) is 5.36. The van der Waals surface area contributed by atoms with Crippen molar-refractivity contribution in [3.63, 3.8) is 0 Å². The van der Waals surface area contributed by atoms with Crippen molar-refractivity contribution in [3.05, 3.63) is 39.7 Å². The number of carbonyl (C=O) groups excluding carboxylic acids is 1. The minimum absolute atomic E-state index is 0.146. The lowest BCUT2D eigenvalue weighted by Crippen LogP contribution is -2.37. The molecule has 3 heterocycles. The number of aromatic nitrogens is 1. The lowest BCUT2D eigenvalue weighted by Gasteiger charge is -2.24. The van der Waals surface area contributed by atoms with Gasteiger partial charge in [0.1, 0.15) is 11.5 Å². The molecule has 1 aliphatic heterocycles. The fraction of sp³-hybridized carbons (Fsp3) is 0.556. The summed E-state index contributed by atoms with van der Waals surface area (Å²) in [5, 5.41) is 2.10. The molecule has 0 saturated carbocycles. The maximum absolute atomic E-state index is 12.9. The predicted molar refractivity (Wildman–Crippen MR) is 95.2 cm³/mol. The van der Waals surface area contributed by atoms with Crippen LogP contribution in [-0.2, 0) is 11.3 Å². The number of amides is 1. The van der Waals surface area contributed by atoms with Crippen LogP contribution in [0.2, 0.25) is 0 Å². The Morgan fingerprint density at radius 1 is 1.33 bits per heavy atom. The fourth-order valence-electron chi connectivity index (χ4n) is 3.38. The molecular formula is C18H25N3O2S. The Bertz CT molecular complexity index is 681. The third-order valence-electron chi connectivity index (χ3n) is 4.69. The van der Waals surface area contributed by atoms with Crippen molar-refractivity contribution in [2.75, 3.05) is 26.2 Å². The van der Waals surface area contributed by atoms with E-state index in [1.54, 1.807) is 11.3 Å². The summed E-state index contributed by atoms with van der Waals surface area (Å²) in [6.07, 6.45) is 1.01. The van der Waals surface area contributed by atoms with E-state index in [-0.39, 0.29) is 11.8 Å². The van der Waals surface area contributed by atoms with Crippen molar-refractivity contribution in [2.45, 2.75) is 39.7 Å². The molecule has 0 spiro atoms. The van der Waals surface area contributed by atoms with Gasteiger partial charge in [0.25, 0.3) is 0 Å². The van der Waals surface area contributed by atoms with Gasteiger partial charge in [-0.1, -0.05) is 0 Å². The first-order valence-electron chi connectivity index (χ1n) is 8.49. The number of hydrogen-bond acceptors (Lipinski definition) is 5. The molecule has 1 aliphatic rings. The van der Waals surface area contributed by atoms with Gasteiger partial charge in [-0.3, -0.25) is 9.69 Å². The Labute approximate surface area is 147 Å². The molecular weight excluding hydrogens is 322 g/mol. The maximum Gasteiger partial charge on any atom is 0.230 e. The van der Waals surface area contributed by atoms with E-state index in [0.717, 1.165) is 61.9 Å². The molecule has 130 valence electrons. The van der Waals surface area contributed by atoms with Crippen LogP contribution in [0.5, 0.6) is 0 Å². The molecule has 1 amide bonds. The highest BCUT2D eigenvalue weighted by Gasteiger charge is 2.26. The molecule has 2 aromatic rings. The Morgan fingerprint density at radius 3 is 2.83 bits per heavy atom. The summed E-state index contributed by atoms with van der Waals surface area (Å²) >= 11 is 1.63. The summed E-state index contributed by atoms with van der Waals surface area (Å²) in [6.45, 7) is 10.2. The number of thiazole rings is 1. The van der Waals surface area contributed by atoms with Crippen LogP contribution < -0.4 is 0 Å².